The van der Waals surface area contributed by atoms with Gasteiger partial charge in [-0.15, -0.1) is 24.0 Å². The van der Waals surface area contributed by atoms with Gasteiger partial charge in [0, 0.05) is 38.9 Å². The van der Waals surface area contributed by atoms with Crippen LogP contribution in [-0.2, 0) is 28.9 Å². The number of halogens is 1. The molecule has 2 heterocycles. The summed E-state index contributed by atoms with van der Waals surface area (Å²) >= 11 is 0. The first-order chi connectivity index (χ1) is 14.2. The minimum Gasteiger partial charge on any atom is -0.508 e. The van der Waals surface area contributed by atoms with E-state index in [0.717, 1.165) is 76.4 Å². The second-order valence-electron chi connectivity index (χ2n) is 8.46. The number of phenols is 1. The summed E-state index contributed by atoms with van der Waals surface area (Å²) in [4.78, 5) is 6.80. The van der Waals surface area contributed by atoms with Gasteiger partial charge in [-0.2, -0.15) is 0 Å². The zero-order chi connectivity index (χ0) is 20.1. The van der Waals surface area contributed by atoms with Crippen LogP contribution in [0, 0.1) is 0 Å². The van der Waals surface area contributed by atoms with Crippen molar-refractivity contribution in [1.29, 1.82) is 0 Å². The number of likely N-dealkylation sites (tertiary alicyclic amines) is 1. The molecule has 2 saturated heterocycles. The Morgan fingerprint density at radius 2 is 2.00 bits per heavy atom. The van der Waals surface area contributed by atoms with Gasteiger partial charge in [0.1, 0.15) is 5.75 Å². The highest BCUT2D eigenvalue weighted by Gasteiger charge is 2.24. The van der Waals surface area contributed by atoms with Crippen LogP contribution in [0.3, 0.4) is 0 Å². The zero-order valence-corrected chi connectivity index (χ0v) is 20.4. The molecule has 0 aromatic heterocycles. The minimum atomic E-state index is 0. The van der Waals surface area contributed by atoms with Crippen molar-refractivity contribution in [2.24, 2.45) is 4.99 Å². The molecule has 30 heavy (non-hydrogen) atoms. The fourth-order valence-electron chi connectivity index (χ4n) is 4.84. The zero-order valence-electron chi connectivity index (χ0n) is 18.1. The topological polar surface area (TPSA) is 66.3 Å². The van der Waals surface area contributed by atoms with Gasteiger partial charge in [0.25, 0.3) is 0 Å². The SMILES string of the molecule is CN=C(NCc1c(O)ccc2c1CCCC2)N1CCC(OCC2CCCO2)CC1.I. The molecule has 0 radical (unpaired) electrons. The van der Waals surface area contributed by atoms with E-state index >= 15 is 0 Å². The molecule has 1 atom stereocenters. The lowest BCUT2D eigenvalue weighted by molar-refractivity contribution is -0.0367. The van der Waals surface area contributed by atoms with Gasteiger partial charge < -0.3 is 24.8 Å². The lowest BCUT2D eigenvalue weighted by Gasteiger charge is -2.34. The van der Waals surface area contributed by atoms with Crippen molar-refractivity contribution in [2.75, 3.05) is 33.4 Å². The molecule has 0 amide bonds. The van der Waals surface area contributed by atoms with Gasteiger partial charge in [0.05, 0.1) is 18.8 Å². The molecular weight excluding hydrogens is 493 g/mol. The third-order valence-electron chi connectivity index (χ3n) is 6.54. The van der Waals surface area contributed by atoms with Crippen molar-refractivity contribution >= 4 is 29.9 Å². The number of fused-ring (bicyclic) bond motifs is 1. The molecule has 4 rings (SSSR count). The fourth-order valence-corrected chi connectivity index (χ4v) is 4.84. The molecule has 1 aromatic carbocycles. The van der Waals surface area contributed by atoms with Crippen molar-refractivity contribution in [3.05, 3.63) is 28.8 Å². The fraction of sp³-hybridized carbons (Fsp3) is 0.696. The first-order valence-electron chi connectivity index (χ1n) is 11.3. The largest absolute Gasteiger partial charge is 0.508 e. The van der Waals surface area contributed by atoms with E-state index in [1.54, 1.807) is 0 Å². The Morgan fingerprint density at radius 1 is 1.20 bits per heavy atom. The van der Waals surface area contributed by atoms with E-state index in [2.05, 4.69) is 21.3 Å². The van der Waals surface area contributed by atoms with E-state index in [-0.39, 0.29) is 24.0 Å². The smallest absolute Gasteiger partial charge is 0.193 e. The van der Waals surface area contributed by atoms with E-state index in [1.165, 1.54) is 24.0 Å². The van der Waals surface area contributed by atoms with Crippen molar-refractivity contribution in [2.45, 2.75) is 70.1 Å². The molecule has 7 heteroatoms. The second-order valence-corrected chi connectivity index (χ2v) is 8.46. The Balaban J connectivity index is 0.00000256. The molecule has 1 aliphatic carbocycles. The highest BCUT2D eigenvalue weighted by molar-refractivity contribution is 14.0. The maximum Gasteiger partial charge on any atom is 0.193 e. The number of aliphatic imine (C=N–C) groups is 1. The molecule has 3 aliphatic rings. The van der Waals surface area contributed by atoms with Crippen LogP contribution in [0.1, 0.15) is 55.2 Å². The predicted molar refractivity (Wildman–Crippen MR) is 130 cm³/mol. The third kappa shape index (κ3) is 5.79. The van der Waals surface area contributed by atoms with E-state index < -0.39 is 0 Å². The van der Waals surface area contributed by atoms with Crippen molar-refractivity contribution in [1.82, 2.24) is 10.2 Å². The van der Waals surface area contributed by atoms with Gasteiger partial charge in [-0.25, -0.2) is 0 Å². The number of nitrogens with zero attached hydrogens (tertiary/aromatic N) is 2. The number of benzene rings is 1. The van der Waals surface area contributed by atoms with Crippen molar-refractivity contribution in [3.63, 3.8) is 0 Å². The molecule has 2 aliphatic heterocycles. The third-order valence-corrected chi connectivity index (χ3v) is 6.54. The van der Waals surface area contributed by atoms with Crippen LogP contribution in [0.25, 0.3) is 0 Å². The monoisotopic (exact) mass is 529 g/mol. The van der Waals surface area contributed by atoms with Crippen LogP contribution in [0.15, 0.2) is 17.1 Å². The summed E-state index contributed by atoms with van der Waals surface area (Å²) in [6.45, 7) is 4.12. The number of ether oxygens (including phenoxy) is 2. The molecule has 2 N–H and O–H groups in total. The quantitative estimate of drug-likeness (QED) is 0.347. The van der Waals surface area contributed by atoms with Gasteiger partial charge in [0.2, 0.25) is 0 Å². The number of piperidine rings is 1. The first-order valence-corrected chi connectivity index (χ1v) is 11.3. The highest BCUT2D eigenvalue weighted by Crippen LogP contribution is 2.30. The predicted octanol–water partition coefficient (Wildman–Crippen LogP) is 3.62. The van der Waals surface area contributed by atoms with Crippen LogP contribution < -0.4 is 5.32 Å². The highest BCUT2D eigenvalue weighted by atomic mass is 127. The molecule has 1 unspecified atom stereocenters. The summed E-state index contributed by atoms with van der Waals surface area (Å²) in [6.07, 6.45) is 9.57. The molecular formula is C23H36IN3O3. The lowest BCUT2D eigenvalue weighted by atomic mass is 9.88. The Morgan fingerprint density at radius 3 is 2.73 bits per heavy atom. The normalized spacial score (nSPS) is 22.5. The molecule has 168 valence electrons. The van der Waals surface area contributed by atoms with Crippen molar-refractivity contribution < 1.29 is 14.6 Å². The molecule has 2 fully saturated rings. The summed E-state index contributed by atoms with van der Waals surface area (Å²) < 4.78 is 11.7. The van der Waals surface area contributed by atoms with E-state index in [0.29, 0.717) is 24.5 Å². The number of rotatable bonds is 5. The van der Waals surface area contributed by atoms with Crippen LogP contribution in [0.5, 0.6) is 5.75 Å². The number of guanidine groups is 1. The average molecular weight is 529 g/mol. The van der Waals surface area contributed by atoms with E-state index in [4.69, 9.17) is 9.47 Å². The summed E-state index contributed by atoms with van der Waals surface area (Å²) in [7, 11) is 1.84. The van der Waals surface area contributed by atoms with Gasteiger partial charge in [-0.05, 0) is 68.6 Å². The number of hydrogen-bond acceptors (Lipinski definition) is 4. The van der Waals surface area contributed by atoms with Crippen LogP contribution in [0.2, 0.25) is 0 Å². The van der Waals surface area contributed by atoms with E-state index in [9.17, 15) is 5.11 Å². The summed E-state index contributed by atoms with van der Waals surface area (Å²) in [5.41, 5.74) is 3.77. The van der Waals surface area contributed by atoms with Gasteiger partial charge >= 0.3 is 0 Å². The Bertz CT molecular complexity index is 714. The number of aromatic hydroxyl groups is 1. The summed E-state index contributed by atoms with van der Waals surface area (Å²) in [5, 5.41) is 13.9. The minimum absolute atomic E-state index is 0. The second kappa shape index (κ2) is 11.5. The Labute approximate surface area is 197 Å². The van der Waals surface area contributed by atoms with Gasteiger partial charge in [0.15, 0.2) is 5.96 Å². The molecule has 0 saturated carbocycles. The number of aryl methyl sites for hydroxylation is 1. The number of hydrogen-bond donors (Lipinski definition) is 2. The van der Waals surface area contributed by atoms with Crippen LogP contribution in [0.4, 0.5) is 0 Å². The number of nitrogens with one attached hydrogen (secondary N) is 1. The maximum absolute atomic E-state index is 10.4. The van der Waals surface area contributed by atoms with Crippen LogP contribution >= 0.6 is 24.0 Å². The van der Waals surface area contributed by atoms with Crippen molar-refractivity contribution in [3.8, 4) is 5.75 Å². The lowest BCUT2D eigenvalue weighted by Crippen LogP contribution is -2.47. The summed E-state index contributed by atoms with van der Waals surface area (Å²) in [6, 6.07) is 3.93. The Hall–Kier alpha value is -1.06. The van der Waals surface area contributed by atoms with E-state index in [1.807, 2.05) is 13.1 Å². The van der Waals surface area contributed by atoms with Crippen LogP contribution in [-0.4, -0.2) is 61.5 Å². The summed E-state index contributed by atoms with van der Waals surface area (Å²) in [5.74, 6) is 1.31. The standard InChI is InChI=1S/C23H35N3O3.HI/c1-24-23(25-15-21-20-7-3-2-5-17(20)8-9-22(21)27)26-12-10-18(11-13-26)29-16-19-6-4-14-28-19;/h8-9,18-19,27H,2-7,10-16H2,1H3,(H,24,25);1H. The average Bonchev–Trinajstić information content (AvgIpc) is 3.28. The molecule has 0 bridgehead atoms. The molecule has 0 spiro atoms. The maximum atomic E-state index is 10.4. The number of phenolic OH excluding ortho intramolecular Hbond substituents is 1. The Kier molecular flexibility index (Phi) is 9.07. The van der Waals surface area contributed by atoms with Gasteiger partial charge in [-0.1, -0.05) is 6.07 Å². The molecule has 1 aromatic rings. The molecule has 6 nitrogen and oxygen atoms in total. The van der Waals surface area contributed by atoms with Gasteiger partial charge in [-0.3, -0.25) is 4.99 Å². The first kappa shape index (κ1) is 23.6.